The van der Waals surface area contributed by atoms with Gasteiger partial charge in [0.2, 0.25) is 0 Å². The summed E-state index contributed by atoms with van der Waals surface area (Å²) in [5.41, 5.74) is 4.43. The normalized spacial score (nSPS) is 16.0. The minimum Gasteiger partial charge on any atom is -0.337 e. The smallest absolute Gasteiger partial charge is 0.255 e. The largest absolute Gasteiger partial charge is 0.337 e. The second kappa shape index (κ2) is 7.58. The molecule has 0 bridgehead atoms. The molecule has 3 rings (SSSR count). The zero-order valence-corrected chi connectivity index (χ0v) is 14.5. The zero-order valence-electron chi connectivity index (χ0n) is 14.5. The van der Waals surface area contributed by atoms with E-state index in [1.54, 1.807) is 12.4 Å². The maximum absolute atomic E-state index is 12.7. The molecule has 0 radical (unpaired) electrons. The molecule has 1 saturated heterocycles. The predicted octanol–water partition coefficient (Wildman–Crippen LogP) is 3.05. The first kappa shape index (κ1) is 16.7. The van der Waals surface area contributed by atoms with E-state index in [4.69, 9.17) is 0 Å². The van der Waals surface area contributed by atoms with Crippen LogP contribution < -0.4 is 0 Å². The molecule has 1 fully saturated rings. The highest BCUT2D eigenvalue weighted by atomic mass is 16.2. The second-order valence-electron chi connectivity index (χ2n) is 6.60. The van der Waals surface area contributed by atoms with Crippen LogP contribution in [0.25, 0.3) is 0 Å². The number of hydrogen-bond donors (Lipinski definition) is 0. The fourth-order valence-electron chi connectivity index (χ4n) is 3.22. The fraction of sp³-hybridized carbons (Fsp3) is 0.400. The van der Waals surface area contributed by atoms with Gasteiger partial charge in [-0.25, -0.2) is 0 Å². The highest BCUT2D eigenvalue weighted by Crippen LogP contribution is 2.14. The lowest BCUT2D eigenvalue weighted by molar-refractivity contribution is 0.0760. The van der Waals surface area contributed by atoms with Gasteiger partial charge < -0.3 is 4.90 Å². The summed E-state index contributed by atoms with van der Waals surface area (Å²) in [5.74, 6) is 0.101. The van der Waals surface area contributed by atoms with Crippen LogP contribution in [0.2, 0.25) is 0 Å². The Hall–Kier alpha value is -2.20. The van der Waals surface area contributed by atoms with E-state index < -0.39 is 0 Å². The van der Waals surface area contributed by atoms with Gasteiger partial charge in [0.15, 0.2) is 0 Å². The lowest BCUT2D eigenvalue weighted by atomic mass is 10.1. The number of hydrogen-bond acceptors (Lipinski definition) is 3. The number of pyridine rings is 1. The zero-order chi connectivity index (χ0) is 16.9. The third-order valence-electron chi connectivity index (χ3n) is 4.65. The Bertz CT molecular complexity index is 714. The van der Waals surface area contributed by atoms with E-state index in [0.717, 1.165) is 44.7 Å². The molecule has 4 nitrogen and oxygen atoms in total. The molecule has 0 saturated carbocycles. The van der Waals surface area contributed by atoms with Gasteiger partial charge in [-0.15, -0.1) is 0 Å². The maximum Gasteiger partial charge on any atom is 0.255 e. The van der Waals surface area contributed by atoms with E-state index in [9.17, 15) is 4.79 Å². The first-order valence-corrected chi connectivity index (χ1v) is 8.61. The van der Waals surface area contributed by atoms with E-state index in [1.807, 2.05) is 17.9 Å². The van der Waals surface area contributed by atoms with E-state index in [1.165, 1.54) is 11.1 Å². The molecule has 0 N–H and O–H groups in total. The van der Waals surface area contributed by atoms with Crippen LogP contribution >= 0.6 is 0 Å². The SMILES string of the molecule is Cc1cncc(C(=O)N2CCCN(Cc3ccccc3C)CC2)c1. The molecular formula is C20H25N3O. The Morgan fingerprint density at radius 3 is 2.71 bits per heavy atom. The Kier molecular flexibility index (Phi) is 5.26. The molecule has 0 spiro atoms. The number of carbonyl (C=O) groups is 1. The third-order valence-corrected chi connectivity index (χ3v) is 4.65. The van der Waals surface area contributed by atoms with Crippen LogP contribution in [0.3, 0.4) is 0 Å². The predicted molar refractivity (Wildman–Crippen MR) is 96.0 cm³/mol. The number of benzene rings is 1. The molecule has 1 aliphatic heterocycles. The van der Waals surface area contributed by atoms with Gasteiger partial charge in [-0.05, 0) is 43.0 Å². The Labute approximate surface area is 144 Å². The van der Waals surface area contributed by atoms with Crippen LogP contribution in [0.1, 0.15) is 33.5 Å². The van der Waals surface area contributed by atoms with E-state index in [-0.39, 0.29) is 5.91 Å². The summed E-state index contributed by atoms with van der Waals surface area (Å²) in [5, 5.41) is 0. The van der Waals surface area contributed by atoms with Crippen molar-refractivity contribution in [2.24, 2.45) is 0 Å². The average molecular weight is 323 g/mol. The summed E-state index contributed by atoms with van der Waals surface area (Å²) in [6.07, 6.45) is 4.46. The summed E-state index contributed by atoms with van der Waals surface area (Å²) >= 11 is 0. The van der Waals surface area contributed by atoms with Crippen LogP contribution in [0.4, 0.5) is 0 Å². The van der Waals surface area contributed by atoms with Crippen molar-refractivity contribution < 1.29 is 4.79 Å². The van der Waals surface area contributed by atoms with E-state index in [2.05, 4.69) is 41.1 Å². The van der Waals surface area contributed by atoms with Crippen molar-refractivity contribution in [3.8, 4) is 0 Å². The van der Waals surface area contributed by atoms with Crippen molar-refractivity contribution in [2.75, 3.05) is 26.2 Å². The van der Waals surface area contributed by atoms with Crippen LogP contribution in [-0.4, -0.2) is 46.9 Å². The lowest BCUT2D eigenvalue weighted by Crippen LogP contribution is -2.35. The number of rotatable bonds is 3. The van der Waals surface area contributed by atoms with Crippen molar-refractivity contribution in [1.82, 2.24) is 14.8 Å². The van der Waals surface area contributed by atoms with Gasteiger partial charge >= 0.3 is 0 Å². The summed E-state index contributed by atoms with van der Waals surface area (Å²) in [7, 11) is 0. The number of carbonyl (C=O) groups excluding carboxylic acids is 1. The average Bonchev–Trinajstić information content (AvgIpc) is 2.82. The molecule has 2 heterocycles. The van der Waals surface area contributed by atoms with Crippen molar-refractivity contribution in [2.45, 2.75) is 26.8 Å². The van der Waals surface area contributed by atoms with Crippen LogP contribution in [0, 0.1) is 13.8 Å². The molecule has 1 amide bonds. The van der Waals surface area contributed by atoms with Crippen LogP contribution in [-0.2, 0) is 6.54 Å². The number of nitrogens with zero attached hydrogens (tertiary/aromatic N) is 3. The van der Waals surface area contributed by atoms with Gasteiger partial charge in [0.25, 0.3) is 5.91 Å². The molecule has 24 heavy (non-hydrogen) atoms. The Balaban J connectivity index is 1.63. The summed E-state index contributed by atoms with van der Waals surface area (Å²) in [6.45, 7) is 8.63. The first-order valence-electron chi connectivity index (χ1n) is 8.61. The van der Waals surface area contributed by atoms with Crippen molar-refractivity contribution >= 4 is 5.91 Å². The number of amides is 1. The van der Waals surface area contributed by atoms with E-state index >= 15 is 0 Å². The lowest BCUT2D eigenvalue weighted by Gasteiger charge is -2.22. The molecule has 4 heteroatoms. The Morgan fingerprint density at radius 1 is 1.08 bits per heavy atom. The molecule has 1 aromatic carbocycles. The van der Waals surface area contributed by atoms with Gasteiger partial charge in [0.05, 0.1) is 5.56 Å². The van der Waals surface area contributed by atoms with E-state index in [0.29, 0.717) is 5.56 Å². The van der Waals surface area contributed by atoms with Gasteiger partial charge in [0.1, 0.15) is 0 Å². The second-order valence-corrected chi connectivity index (χ2v) is 6.60. The van der Waals surface area contributed by atoms with Gasteiger partial charge in [-0.2, -0.15) is 0 Å². The summed E-state index contributed by atoms with van der Waals surface area (Å²) in [6, 6.07) is 10.5. The number of aryl methyl sites for hydroxylation is 2. The van der Waals surface area contributed by atoms with Gasteiger partial charge in [-0.1, -0.05) is 24.3 Å². The highest BCUT2D eigenvalue weighted by molar-refractivity contribution is 5.94. The molecule has 0 unspecified atom stereocenters. The third kappa shape index (κ3) is 4.01. The van der Waals surface area contributed by atoms with Gasteiger partial charge in [-0.3, -0.25) is 14.7 Å². The minimum absolute atomic E-state index is 0.101. The summed E-state index contributed by atoms with van der Waals surface area (Å²) in [4.78, 5) is 21.3. The van der Waals surface area contributed by atoms with Crippen molar-refractivity contribution in [3.05, 3.63) is 65.0 Å². The fourth-order valence-corrected chi connectivity index (χ4v) is 3.22. The quantitative estimate of drug-likeness (QED) is 0.871. The van der Waals surface area contributed by atoms with Crippen molar-refractivity contribution in [1.29, 1.82) is 0 Å². The molecule has 1 aromatic heterocycles. The molecule has 0 atom stereocenters. The molecule has 126 valence electrons. The first-order chi connectivity index (χ1) is 11.6. The standard InChI is InChI=1S/C20H25N3O/c1-16-12-19(14-21-13-16)20(24)23-9-5-8-22(10-11-23)15-18-7-4-3-6-17(18)2/h3-4,6-7,12-14H,5,8-11,15H2,1-2H3. The van der Waals surface area contributed by atoms with Crippen molar-refractivity contribution in [3.63, 3.8) is 0 Å². The minimum atomic E-state index is 0.101. The molecule has 0 aliphatic carbocycles. The highest BCUT2D eigenvalue weighted by Gasteiger charge is 2.20. The molecule has 1 aliphatic rings. The van der Waals surface area contributed by atoms with Gasteiger partial charge in [0, 0.05) is 45.1 Å². The monoisotopic (exact) mass is 323 g/mol. The molecular weight excluding hydrogens is 298 g/mol. The number of aromatic nitrogens is 1. The Morgan fingerprint density at radius 2 is 1.92 bits per heavy atom. The van der Waals surface area contributed by atoms with Crippen LogP contribution in [0.15, 0.2) is 42.7 Å². The maximum atomic E-state index is 12.7. The summed E-state index contributed by atoms with van der Waals surface area (Å²) < 4.78 is 0. The topological polar surface area (TPSA) is 36.4 Å². The molecule has 2 aromatic rings. The van der Waals surface area contributed by atoms with Crippen LogP contribution in [0.5, 0.6) is 0 Å².